The lowest BCUT2D eigenvalue weighted by Crippen LogP contribution is -2.65. The molecule has 0 saturated heterocycles. The second kappa shape index (κ2) is 5.40. The van der Waals surface area contributed by atoms with E-state index in [9.17, 15) is 10.2 Å². The first-order chi connectivity index (χ1) is 7.42. The molecule has 1 aromatic rings. The molecule has 6 heteroatoms. The van der Waals surface area contributed by atoms with Gasteiger partial charge in [-0.2, -0.15) is 0 Å². The minimum absolute atomic E-state index is 0. The normalized spacial score (nSPS) is 19.2. The van der Waals surface area contributed by atoms with Crippen LogP contribution in [0.15, 0.2) is 48.6 Å². The van der Waals surface area contributed by atoms with Gasteiger partial charge in [0.05, 0.1) is 0 Å². The van der Waals surface area contributed by atoms with Crippen LogP contribution in [0.4, 0.5) is 0 Å². The van der Waals surface area contributed by atoms with E-state index in [0.29, 0.717) is 5.57 Å². The van der Waals surface area contributed by atoms with E-state index in [-0.39, 0.29) is 12.3 Å². The van der Waals surface area contributed by atoms with Gasteiger partial charge in [-0.05, 0) is 23.3 Å². The van der Waals surface area contributed by atoms with Crippen LogP contribution in [-0.4, -0.2) is 21.7 Å². The molecule has 0 bridgehead atoms. The molecule has 1 aromatic carbocycles. The van der Waals surface area contributed by atoms with Gasteiger partial charge in [0, 0.05) is 0 Å². The highest BCUT2D eigenvalue weighted by molar-refractivity contribution is 5.76. The monoisotopic (exact) mass is 252 g/mol. The molecular formula is C12H20N4O2. The Hall–Kier alpha value is -1.54. The van der Waals surface area contributed by atoms with Crippen molar-refractivity contribution in [3.05, 3.63) is 54.1 Å². The fourth-order valence-electron chi connectivity index (χ4n) is 1.55. The van der Waals surface area contributed by atoms with E-state index in [1.54, 1.807) is 6.08 Å². The fraction of sp³-hybridized carbons (Fsp3) is 0.167. The van der Waals surface area contributed by atoms with Crippen LogP contribution in [0, 0.1) is 0 Å². The highest BCUT2D eigenvalue weighted by atomic mass is 16.5. The molecule has 1 aliphatic carbocycles. The lowest BCUT2D eigenvalue weighted by molar-refractivity contribution is -0.156. The molecule has 0 aromatic heterocycles. The third kappa shape index (κ3) is 2.82. The number of hydrogen-bond donors (Lipinski definition) is 6. The third-order valence-corrected chi connectivity index (χ3v) is 2.64. The maximum atomic E-state index is 9.71. The Balaban J connectivity index is 0.00000144. The summed E-state index contributed by atoms with van der Waals surface area (Å²) in [6, 6.07) is 9.36. The van der Waals surface area contributed by atoms with E-state index < -0.39 is 11.4 Å². The van der Waals surface area contributed by atoms with Crippen molar-refractivity contribution in [3.63, 3.8) is 0 Å². The molecule has 0 saturated carbocycles. The Labute approximate surface area is 106 Å². The summed E-state index contributed by atoms with van der Waals surface area (Å²) < 4.78 is 0. The molecule has 6 nitrogen and oxygen atoms in total. The third-order valence-electron chi connectivity index (χ3n) is 2.64. The first-order valence-electron chi connectivity index (χ1n) is 4.92. The van der Waals surface area contributed by atoms with Crippen molar-refractivity contribution in [1.82, 2.24) is 12.3 Å². The minimum Gasteiger partial charge on any atom is -0.360 e. The summed E-state index contributed by atoms with van der Waals surface area (Å²) in [5.41, 5.74) is 11.0. The van der Waals surface area contributed by atoms with Gasteiger partial charge in [-0.1, -0.05) is 36.4 Å². The van der Waals surface area contributed by atoms with Gasteiger partial charge in [0.1, 0.15) is 5.66 Å². The summed E-state index contributed by atoms with van der Waals surface area (Å²) in [6.07, 6.45) is 4.32. The molecule has 2 rings (SSSR count). The van der Waals surface area contributed by atoms with Gasteiger partial charge in [0.2, 0.25) is 5.79 Å². The van der Waals surface area contributed by atoms with Gasteiger partial charge in [0.15, 0.2) is 0 Å². The molecule has 18 heavy (non-hydrogen) atoms. The largest absolute Gasteiger partial charge is 0.360 e. The zero-order valence-corrected chi connectivity index (χ0v) is 10.1. The van der Waals surface area contributed by atoms with Crippen LogP contribution in [0.5, 0.6) is 0 Å². The molecule has 0 atom stereocenters. The number of nitrogens with two attached hydrogens (primary N) is 2. The summed E-state index contributed by atoms with van der Waals surface area (Å²) in [6.45, 7) is 0. The average molecular weight is 252 g/mol. The number of aliphatic hydroxyl groups is 2. The predicted octanol–water partition coefficient (Wildman–Crippen LogP) is 0.258. The Bertz CT molecular complexity index is 452. The summed E-state index contributed by atoms with van der Waals surface area (Å²) in [4.78, 5) is 0. The van der Waals surface area contributed by atoms with Crippen LogP contribution >= 0.6 is 0 Å². The van der Waals surface area contributed by atoms with Crippen LogP contribution in [-0.2, 0) is 0 Å². The van der Waals surface area contributed by atoms with Gasteiger partial charge in [-0.25, -0.2) is 0 Å². The molecule has 0 fully saturated rings. The summed E-state index contributed by atoms with van der Waals surface area (Å²) in [5.74, 6) is -2.24. The smallest absolute Gasteiger partial charge is 0.219 e. The van der Waals surface area contributed by atoms with Crippen LogP contribution in [0.1, 0.15) is 5.56 Å². The van der Waals surface area contributed by atoms with Crippen molar-refractivity contribution in [1.29, 1.82) is 0 Å². The zero-order chi connectivity index (χ0) is 11.8. The van der Waals surface area contributed by atoms with Crippen molar-refractivity contribution < 1.29 is 10.2 Å². The highest BCUT2D eigenvalue weighted by Gasteiger charge is 2.42. The molecule has 0 amide bonds. The molecule has 0 unspecified atom stereocenters. The van der Waals surface area contributed by atoms with Crippen LogP contribution in [0.2, 0.25) is 0 Å². The predicted molar refractivity (Wildman–Crippen MR) is 71.9 cm³/mol. The number of benzene rings is 1. The minimum atomic E-state index is -2.24. The van der Waals surface area contributed by atoms with E-state index in [2.05, 4.69) is 0 Å². The molecule has 0 radical (unpaired) electrons. The van der Waals surface area contributed by atoms with E-state index in [1.807, 2.05) is 30.3 Å². The van der Waals surface area contributed by atoms with Crippen molar-refractivity contribution in [3.8, 4) is 0 Å². The van der Waals surface area contributed by atoms with Crippen molar-refractivity contribution in [2.45, 2.75) is 11.4 Å². The Morgan fingerprint density at radius 2 is 1.50 bits per heavy atom. The highest BCUT2D eigenvalue weighted by Crippen LogP contribution is 2.28. The van der Waals surface area contributed by atoms with E-state index in [4.69, 9.17) is 11.5 Å². The van der Waals surface area contributed by atoms with Crippen LogP contribution < -0.4 is 23.8 Å². The van der Waals surface area contributed by atoms with Gasteiger partial charge >= 0.3 is 0 Å². The lowest BCUT2D eigenvalue weighted by Gasteiger charge is -2.36. The van der Waals surface area contributed by atoms with Gasteiger partial charge < -0.3 is 34.0 Å². The number of allylic oxidation sites excluding steroid dienone is 2. The number of hydrogen-bond acceptors (Lipinski definition) is 6. The second-order valence-corrected chi connectivity index (χ2v) is 3.96. The molecule has 0 aliphatic heterocycles. The van der Waals surface area contributed by atoms with Gasteiger partial charge in [0.25, 0.3) is 0 Å². The first-order valence-corrected chi connectivity index (χ1v) is 4.92. The first kappa shape index (κ1) is 16.5. The van der Waals surface area contributed by atoms with E-state index in [1.165, 1.54) is 12.2 Å². The van der Waals surface area contributed by atoms with Gasteiger partial charge in [-0.15, -0.1) is 0 Å². The average Bonchev–Trinajstić information content (AvgIpc) is 2.23. The molecule has 100 valence electrons. The van der Waals surface area contributed by atoms with Crippen molar-refractivity contribution >= 4 is 5.57 Å². The molecule has 0 heterocycles. The molecule has 1 aliphatic rings. The Kier molecular flexibility index (Phi) is 4.94. The topological polar surface area (TPSA) is 162 Å². The zero-order valence-electron chi connectivity index (χ0n) is 10.1. The van der Waals surface area contributed by atoms with Crippen LogP contribution in [0.3, 0.4) is 0 Å². The standard InChI is InChI=1S/C12H14N2O2.2H3N/c13-11(14)7-6-10(8-12(11,15)16)9-4-2-1-3-5-9;;/h1-8,15-16H,13-14H2;2*1H3. The SMILES string of the molecule is N.N.NC1(N)C=CC(c2ccccc2)=CC1(O)O. The molecular weight excluding hydrogens is 232 g/mol. The van der Waals surface area contributed by atoms with Crippen LogP contribution in [0.25, 0.3) is 5.57 Å². The second-order valence-electron chi connectivity index (χ2n) is 3.96. The quantitative estimate of drug-likeness (QED) is 0.392. The molecule has 0 spiro atoms. The van der Waals surface area contributed by atoms with Crippen molar-refractivity contribution in [2.75, 3.05) is 0 Å². The van der Waals surface area contributed by atoms with E-state index >= 15 is 0 Å². The fourth-order valence-corrected chi connectivity index (χ4v) is 1.55. The maximum Gasteiger partial charge on any atom is 0.219 e. The van der Waals surface area contributed by atoms with Gasteiger partial charge in [-0.3, -0.25) is 0 Å². The maximum absolute atomic E-state index is 9.71. The Morgan fingerprint density at radius 3 is 2.00 bits per heavy atom. The lowest BCUT2D eigenvalue weighted by atomic mass is 9.89. The van der Waals surface area contributed by atoms with E-state index in [0.717, 1.165) is 5.56 Å². The number of rotatable bonds is 1. The summed E-state index contributed by atoms with van der Waals surface area (Å²) in [5, 5.41) is 19.4. The Morgan fingerprint density at radius 1 is 0.944 bits per heavy atom. The summed E-state index contributed by atoms with van der Waals surface area (Å²) >= 11 is 0. The summed E-state index contributed by atoms with van der Waals surface area (Å²) in [7, 11) is 0. The van der Waals surface area contributed by atoms with Crippen molar-refractivity contribution in [2.24, 2.45) is 11.5 Å². The molecule has 12 N–H and O–H groups in total.